The highest BCUT2D eigenvalue weighted by Gasteiger charge is 2.14. The van der Waals surface area contributed by atoms with Crippen molar-refractivity contribution in [2.24, 2.45) is 0 Å². The summed E-state index contributed by atoms with van der Waals surface area (Å²) in [5.74, 6) is -1.88. The third-order valence-corrected chi connectivity index (χ3v) is 3.48. The van der Waals surface area contributed by atoms with E-state index in [1.54, 1.807) is 11.9 Å². The molecule has 0 heterocycles. The first-order valence-electron chi connectivity index (χ1n) is 6.37. The summed E-state index contributed by atoms with van der Waals surface area (Å²) in [5, 5.41) is 0. The Morgan fingerprint density at radius 3 is 2.62 bits per heavy atom. The van der Waals surface area contributed by atoms with E-state index in [4.69, 9.17) is 0 Å². The predicted octanol–water partition coefficient (Wildman–Crippen LogP) is 4.04. The lowest BCUT2D eigenvalue weighted by Gasteiger charge is -2.16. The first-order chi connectivity index (χ1) is 9.95. The Hall–Kier alpha value is -1.59. The monoisotopic (exact) mass is 353 g/mol. The van der Waals surface area contributed by atoms with Gasteiger partial charge in [-0.2, -0.15) is 0 Å². The molecule has 0 fully saturated rings. The molecule has 0 amide bonds. The molecule has 2 aromatic carbocycles. The second-order valence-electron chi connectivity index (χ2n) is 4.85. The van der Waals surface area contributed by atoms with Gasteiger partial charge in [0.1, 0.15) is 11.6 Å². The van der Waals surface area contributed by atoms with E-state index in [0.29, 0.717) is 6.54 Å². The van der Waals surface area contributed by atoms with Crippen LogP contribution in [0.5, 0.6) is 0 Å². The van der Waals surface area contributed by atoms with E-state index in [1.807, 2.05) is 24.3 Å². The van der Waals surface area contributed by atoms with Crippen molar-refractivity contribution in [2.45, 2.75) is 6.54 Å². The van der Waals surface area contributed by atoms with Crippen molar-refractivity contribution < 1.29 is 13.6 Å². The summed E-state index contributed by atoms with van der Waals surface area (Å²) in [7, 11) is 1.78. The molecule has 0 saturated carbocycles. The van der Waals surface area contributed by atoms with Crippen LogP contribution in [0, 0.1) is 11.6 Å². The van der Waals surface area contributed by atoms with Gasteiger partial charge in [0.25, 0.3) is 0 Å². The van der Waals surface area contributed by atoms with Crippen LogP contribution in [0.1, 0.15) is 15.9 Å². The van der Waals surface area contributed by atoms with Crippen LogP contribution in [0.4, 0.5) is 8.78 Å². The average Bonchev–Trinajstić information content (AvgIpc) is 2.38. The van der Waals surface area contributed by atoms with E-state index in [9.17, 15) is 13.6 Å². The van der Waals surface area contributed by atoms with Gasteiger partial charge in [0.15, 0.2) is 5.78 Å². The molecule has 5 heteroatoms. The minimum Gasteiger partial charge on any atom is -0.295 e. The SMILES string of the molecule is CN(CC(=O)c1ccc(F)cc1F)Cc1cccc(Br)c1. The molecule has 0 unspecified atom stereocenters. The van der Waals surface area contributed by atoms with Crippen molar-refractivity contribution in [3.05, 3.63) is 69.7 Å². The van der Waals surface area contributed by atoms with Crippen molar-refractivity contribution in [3.8, 4) is 0 Å². The van der Waals surface area contributed by atoms with Gasteiger partial charge in [0, 0.05) is 17.1 Å². The third kappa shape index (κ3) is 4.44. The van der Waals surface area contributed by atoms with Gasteiger partial charge >= 0.3 is 0 Å². The van der Waals surface area contributed by atoms with Crippen LogP contribution < -0.4 is 0 Å². The molecule has 0 saturated heterocycles. The lowest BCUT2D eigenvalue weighted by Crippen LogP contribution is -2.26. The maximum Gasteiger partial charge on any atom is 0.179 e. The van der Waals surface area contributed by atoms with Gasteiger partial charge in [0.2, 0.25) is 0 Å². The molecule has 0 bridgehead atoms. The maximum atomic E-state index is 13.5. The first kappa shape index (κ1) is 15.8. The minimum atomic E-state index is -0.823. The summed E-state index contributed by atoms with van der Waals surface area (Å²) < 4.78 is 27.3. The van der Waals surface area contributed by atoms with Crippen LogP contribution in [0.2, 0.25) is 0 Å². The van der Waals surface area contributed by atoms with Crippen molar-refractivity contribution in [2.75, 3.05) is 13.6 Å². The Morgan fingerprint density at radius 1 is 1.19 bits per heavy atom. The zero-order chi connectivity index (χ0) is 15.4. The zero-order valence-electron chi connectivity index (χ0n) is 11.4. The molecular weight excluding hydrogens is 340 g/mol. The topological polar surface area (TPSA) is 20.3 Å². The molecular formula is C16H14BrF2NO. The third-order valence-electron chi connectivity index (χ3n) is 2.99. The zero-order valence-corrected chi connectivity index (χ0v) is 13.0. The van der Waals surface area contributed by atoms with E-state index < -0.39 is 11.6 Å². The number of carbonyl (C=O) groups excluding carboxylic acids is 1. The molecule has 2 nitrogen and oxygen atoms in total. The molecule has 0 N–H and O–H groups in total. The van der Waals surface area contributed by atoms with Gasteiger partial charge in [-0.05, 0) is 36.9 Å². The quantitative estimate of drug-likeness (QED) is 0.756. The fourth-order valence-corrected chi connectivity index (χ4v) is 2.50. The largest absolute Gasteiger partial charge is 0.295 e. The van der Waals surface area contributed by atoms with E-state index in [1.165, 1.54) is 6.07 Å². The predicted molar refractivity (Wildman–Crippen MR) is 81.2 cm³/mol. The van der Waals surface area contributed by atoms with E-state index in [0.717, 1.165) is 22.2 Å². The van der Waals surface area contributed by atoms with Crippen LogP contribution in [0.15, 0.2) is 46.9 Å². The van der Waals surface area contributed by atoms with Gasteiger partial charge in [-0.15, -0.1) is 0 Å². The lowest BCUT2D eigenvalue weighted by molar-refractivity contribution is 0.0939. The summed E-state index contributed by atoms with van der Waals surface area (Å²) >= 11 is 3.39. The summed E-state index contributed by atoms with van der Waals surface area (Å²) in [4.78, 5) is 13.8. The van der Waals surface area contributed by atoms with Crippen molar-refractivity contribution in [1.29, 1.82) is 0 Å². The second-order valence-corrected chi connectivity index (χ2v) is 5.77. The average molecular weight is 354 g/mol. The standard InChI is InChI=1S/C16H14BrF2NO/c1-20(9-11-3-2-4-12(17)7-11)10-16(21)14-6-5-13(18)8-15(14)19/h2-8H,9-10H2,1H3. The van der Waals surface area contributed by atoms with E-state index >= 15 is 0 Å². The first-order valence-corrected chi connectivity index (χ1v) is 7.16. The maximum absolute atomic E-state index is 13.5. The molecule has 110 valence electrons. The van der Waals surface area contributed by atoms with Crippen LogP contribution >= 0.6 is 15.9 Å². The Labute approximate surface area is 130 Å². The molecule has 0 aliphatic carbocycles. The van der Waals surface area contributed by atoms with Gasteiger partial charge in [-0.25, -0.2) is 8.78 Å². The fraction of sp³-hybridized carbons (Fsp3) is 0.188. The number of benzene rings is 2. The van der Waals surface area contributed by atoms with Gasteiger partial charge in [-0.3, -0.25) is 9.69 Å². The summed E-state index contributed by atoms with van der Waals surface area (Å²) in [6.45, 7) is 0.628. The lowest BCUT2D eigenvalue weighted by atomic mass is 10.1. The number of halogens is 3. The highest BCUT2D eigenvalue weighted by molar-refractivity contribution is 9.10. The summed E-state index contributed by atoms with van der Waals surface area (Å²) in [6, 6.07) is 10.7. The Morgan fingerprint density at radius 2 is 1.95 bits per heavy atom. The Bertz CT molecular complexity index is 660. The van der Waals surface area contributed by atoms with Crippen LogP contribution in [0.25, 0.3) is 0 Å². The van der Waals surface area contributed by atoms with Crippen molar-refractivity contribution in [3.63, 3.8) is 0 Å². The molecule has 21 heavy (non-hydrogen) atoms. The second kappa shape index (κ2) is 6.91. The van der Waals surface area contributed by atoms with E-state index in [2.05, 4.69) is 15.9 Å². The number of rotatable bonds is 5. The molecule has 0 spiro atoms. The molecule has 2 rings (SSSR count). The number of nitrogens with zero attached hydrogens (tertiary/aromatic N) is 1. The smallest absolute Gasteiger partial charge is 0.179 e. The number of Topliss-reactive ketones (excluding diaryl/α,β-unsaturated/α-hetero) is 1. The molecule has 0 radical (unpaired) electrons. The Kier molecular flexibility index (Phi) is 5.20. The summed E-state index contributed by atoms with van der Waals surface area (Å²) in [6.07, 6.45) is 0. The van der Waals surface area contributed by atoms with Crippen molar-refractivity contribution >= 4 is 21.7 Å². The number of hydrogen-bond donors (Lipinski definition) is 0. The van der Waals surface area contributed by atoms with Crippen LogP contribution in [-0.4, -0.2) is 24.3 Å². The highest BCUT2D eigenvalue weighted by atomic mass is 79.9. The Balaban J connectivity index is 2.02. The van der Waals surface area contributed by atoms with Gasteiger partial charge in [-0.1, -0.05) is 28.1 Å². The fourth-order valence-electron chi connectivity index (χ4n) is 2.05. The highest BCUT2D eigenvalue weighted by Crippen LogP contribution is 2.14. The minimum absolute atomic E-state index is 0.0645. The van der Waals surface area contributed by atoms with E-state index in [-0.39, 0.29) is 17.9 Å². The number of carbonyl (C=O) groups is 1. The molecule has 0 aliphatic rings. The molecule has 0 aromatic heterocycles. The molecule has 2 aromatic rings. The number of hydrogen-bond acceptors (Lipinski definition) is 2. The van der Waals surface area contributed by atoms with Crippen LogP contribution in [0.3, 0.4) is 0 Å². The van der Waals surface area contributed by atoms with Gasteiger partial charge in [0.05, 0.1) is 12.1 Å². The number of likely N-dealkylation sites (N-methyl/N-ethyl adjacent to an activating group) is 1. The van der Waals surface area contributed by atoms with Crippen LogP contribution in [-0.2, 0) is 6.54 Å². The molecule has 0 aliphatic heterocycles. The normalized spacial score (nSPS) is 10.9. The van der Waals surface area contributed by atoms with Crippen molar-refractivity contribution in [1.82, 2.24) is 4.90 Å². The summed E-state index contributed by atoms with van der Waals surface area (Å²) in [5.41, 5.74) is 0.955. The number of ketones is 1. The molecule has 0 atom stereocenters. The van der Waals surface area contributed by atoms with Gasteiger partial charge < -0.3 is 0 Å².